The monoisotopic (exact) mass is 249 g/mol. The van der Waals surface area contributed by atoms with Crippen molar-refractivity contribution in [1.29, 1.82) is 0 Å². The molecule has 2 rings (SSSR count). The van der Waals surface area contributed by atoms with Gasteiger partial charge in [0.05, 0.1) is 14.2 Å². The van der Waals surface area contributed by atoms with Gasteiger partial charge in [0.15, 0.2) is 11.5 Å². The molecule has 3 nitrogen and oxygen atoms in total. The zero-order valence-corrected chi connectivity index (χ0v) is 11.6. The van der Waals surface area contributed by atoms with Crippen LogP contribution in [0.5, 0.6) is 11.5 Å². The van der Waals surface area contributed by atoms with Crippen LogP contribution >= 0.6 is 0 Å². The van der Waals surface area contributed by atoms with E-state index in [1.807, 2.05) is 6.07 Å². The SMILES string of the molecule is COc1cc(C)cc(CC2CCCCN2)c1OC. The fraction of sp³-hybridized carbons (Fsp3) is 0.600. The molecule has 0 bridgehead atoms. The first kappa shape index (κ1) is 13.2. The lowest BCUT2D eigenvalue weighted by Gasteiger charge is -2.24. The molecule has 1 aliphatic rings. The van der Waals surface area contributed by atoms with E-state index >= 15 is 0 Å². The van der Waals surface area contributed by atoms with Gasteiger partial charge in [0.2, 0.25) is 0 Å². The summed E-state index contributed by atoms with van der Waals surface area (Å²) in [6, 6.07) is 4.80. The molecule has 18 heavy (non-hydrogen) atoms. The largest absolute Gasteiger partial charge is 0.493 e. The van der Waals surface area contributed by atoms with Crippen LogP contribution in [0.25, 0.3) is 0 Å². The van der Waals surface area contributed by atoms with Crippen LogP contribution in [0.2, 0.25) is 0 Å². The van der Waals surface area contributed by atoms with Crippen LogP contribution in [-0.2, 0) is 6.42 Å². The highest BCUT2D eigenvalue weighted by atomic mass is 16.5. The lowest BCUT2D eigenvalue weighted by molar-refractivity contribution is 0.345. The summed E-state index contributed by atoms with van der Waals surface area (Å²) in [7, 11) is 3.41. The smallest absolute Gasteiger partial charge is 0.163 e. The number of hydrogen-bond acceptors (Lipinski definition) is 3. The van der Waals surface area contributed by atoms with Crippen molar-refractivity contribution < 1.29 is 9.47 Å². The molecule has 3 heteroatoms. The molecule has 0 aromatic heterocycles. The maximum Gasteiger partial charge on any atom is 0.163 e. The Hall–Kier alpha value is -1.22. The highest BCUT2D eigenvalue weighted by Gasteiger charge is 2.17. The quantitative estimate of drug-likeness (QED) is 0.890. The third kappa shape index (κ3) is 2.96. The number of benzene rings is 1. The van der Waals surface area contributed by atoms with Crippen LogP contribution in [0, 0.1) is 6.92 Å². The standard InChI is InChI=1S/C15H23NO2/c1-11-8-12(10-13-6-4-5-7-16-13)15(18-3)14(9-11)17-2/h8-9,13,16H,4-7,10H2,1-3H3. The Bertz CT molecular complexity index is 398. The van der Waals surface area contributed by atoms with Crippen molar-refractivity contribution in [2.45, 2.75) is 38.6 Å². The van der Waals surface area contributed by atoms with E-state index in [1.165, 1.54) is 30.4 Å². The van der Waals surface area contributed by atoms with E-state index in [4.69, 9.17) is 9.47 Å². The summed E-state index contributed by atoms with van der Waals surface area (Å²) in [5, 5.41) is 3.58. The molecule has 1 aromatic carbocycles. The fourth-order valence-corrected chi connectivity index (χ4v) is 2.71. The van der Waals surface area contributed by atoms with Gasteiger partial charge in [-0.1, -0.05) is 12.5 Å². The molecule has 1 heterocycles. The van der Waals surface area contributed by atoms with E-state index in [1.54, 1.807) is 14.2 Å². The second kappa shape index (κ2) is 6.10. The summed E-state index contributed by atoms with van der Waals surface area (Å²) >= 11 is 0. The molecule has 0 saturated carbocycles. The Morgan fingerprint density at radius 2 is 2.06 bits per heavy atom. The predicted molar refractivity (Wildman–Crippen MR) is 73.6 cm³/mol. The zero-order valence-electron chi connectivity index (χ0n) is 11.6. The van der Waals surface area contributed by atoms with Crippen LogP contribution in [0.3, 0.4) is 0 Å². The van der Waals surface area contributed by atoms with Gasteiger partial charge < -0.3 is 14.8 Å². The van der Waals surface area contributed by atoms with E-state index in [2.05, 4.69) is 18.3 Å². The van der Waals surface area contributed by atoms with Gasteiger partial charge in [-0.05, 0) is 49.9 Å². The van der Waals surface area contributed by atoms with Crippen molar-refractivity contribution in [3.8, 4) is 11.5 Å². The van der Waals surface area contributed by atoms with Gasteiger partial charge in [0.25, 0.3) is 0 Å². The Balaban J connectivity index is 2.21. The number of hydrogen-bond donors (Lipinski definition) is 1. The van der Waals surface area contributed by atoms with Crippen LogP contribution in [0.15, 0.2) is 12.1 Å². The Kier molecular flexibility index (Phi) is 4.48. The predicted octanol–water partition coefficient (Wildman–Crippen LogP) is 2.70. The third-order valence-electron chi connectivity index (χ3n) is 3.58. The maximum atomic E-state index is 5.51. The van der Waals surface area contributed by atoms with Gasteiger partial charge in [-0.2, -0.15) is 0 Å². The summed E-state index contributed by atoms with van der Waals surface area (Å²) in [5.74, 6) is 1.72. The lowest BCUT2D eigenvalue weighted by atomic mass is 9.96. The minimum Gasteiger partial charge on any atom is -0.493 e. The van der Waals surface area contributed by atoms with Gasteiger partial charge in [-0.3, -0.25) is 0 Å². The molecule has 0 spiro atoms. The molecule has 1 unspecified atom stereocenters. The first-order valence-corrected chi connectivity index (χ1v) is 6.69. The molecule has 1 fully saturated rings. The number of methoxy groups -OCH3 is 2. The molecule has 1 atom stereocenters. The molecule has 100 valence electrons. The van der Waals surface area contributed by atoms with Crippen molar-refractivity contribution in [2.24, 2.45) is 0 Å². The summed E-state index contributed by atoms with van der Waals surface area (Å²) in [5.41, 5.74) is 2.47. The van der Waals surface area contributed by atoms with E-state index in [-0.39, 0.29) is 0 Å². The van der Waals surface area contributed by atoms with E-state index < -0.39 is 0 Å². The van der Waals surface area contributed by atoms with E-state index in [0.29, 0.717) is 6.04 Å². The average Bonchev–Trinajstić information content (AvgIpc) is 2.39. The van der Waals surface area contributed by atoms with Gasteiger partial charge in [-0.25, -0.2) is 0 Å². The van der Waals surface area contributed by atoms with Gasteiger partial charge >= 0.3 is 0 Å². The number of nitrogens with one attached hydrogen (secondary N) is 1. The molecular weight excluding hydrogens is 226 g/mol. The third-order valence-corrected chi connectivity index (χ3v) is 3.58. The van der Waals surface area contributed by atoms with Crippen LogP contribution in [-0.4, -0.2) is 26.8 Å². The van der Waals surface area contributed by atoms with E-state index in [9.17, 15) is 0 Å². The van der Waals surface area contributed by atoms with Crippen LogP contribution in [0.4, 0.5) is 0 Å². The highest BCUT2D eigenvalue weighted by molar-refractivity contribution is 5.49. The number of aryl methyl sites for hydroxylation is 1. The first-order chi connectivity index (χ1) is 8.74. The molecule has 1 aliphatic heterocycles. The minimum absolute atomic E-state index is 0.569. The Morgan fingerprint density at radius 3 is 2.67 bits per heavy atom. The summed E-state index contributed by atoms with van der Waals surface area (Å²) in [6.07, 6.45) is 4.88. The van der Waals surface area contributed by atoms with Gasteiger partial charge in [-0.15, -0.1) is 0 Å². The van der Waals surface area contributed by atoms with Gasteiger partial charge in [0, 0.05) is 6.04 Å². The van der Waals surface area contributed by atoms with Gasteiger partial charge in [0.1, 0.15) is 0 Å². The molecule has 1 saturated heterocycles. The second-order valence-corrected chi connectivity index (χ2v) is 5.01. The normalized spacial score (nSPS) is 19.6. The Labute approximate surface area is 109 Å². The number of piperidine rings is 1. The number of ether oxygens (including phenoxy) is 2. The first-order valence-electron chi connectivity index (χ1n) is 6.69. The molecule has 0 radical (unpaired) electrons. The van der Waals surface area contributed by atoms with Crippen LogP contribution < -0.4 is 14.8 Å². The molecular formula is C15H23NO2. The molecule has 0 aliphatic carbocycles. The number of rotatable bonds is 4. The van der Waals surface area contributed by atoms with E-state index in [0.717, 1.165) is 24.5 Å². The minimum atomic E-state index is 0.569. The zero-order chi connectivity index (χ0) is 13.0. The van der Waals surface area contributed by atoms with Crippen molar-refractivity contribution in [2.75, 3.05) is 20.8 Å². The molecule has 0 amide bonds. The topological polar surface area (TPSA) is 30.5 Å². The second-order valence-electron chi connectivity index (χ2n) is 5.01. The maximum absolute atomic E-state index is 5.51. The average molecular weight is 249 g/mol. The van der Waals surface area contributed by atoms with Crippen molar-refractivity contribution in [3.63, 3.8) is 0 Å². The summed E-state index contributed by atoms with van der Waals surface area (Å²) in [6.45, 7) is 3.23. The van der Waals surface area contributed by atoms with Crippen LogP contribution in [0.1, 0.15) is 30.4 Å². The summed E-state index contributed by atoms with van der Waals surface area (Å²) in [4.78, 5) is 0. The van der Waals surface area contributed by atoms with Crippen molar-refractivity contribution >= 4 is 0 Å². The van der Waals surface area contributed by atoms with Crippen molar-refractivity contribution in [1.82, 2.24) is 5.32 Å². The highest BCUT2D eigenvalue weighted by Crippen LogP contribution is 2.33. The molecule has 1 N–H and O–H groups in total. The fourth-order valence-electron chi connectivity index (χ4n) is 2.71. The summed E-state index contributed by atoms with van der Waals surface area (Å²) < 4.78 is 10.9. The van der Waals surface area contributed by atoms with Crippen molar-refractivity contribution in [3.05, 3.63) is 23.3 Å². The lowest BCUT2D eigenvalue weighted by Crippen LogP contribution is -2.35. The Morgan fingerprint density at radius 1 is 1.22 bits per heavy atom. The molecule has 1 aromatic rings.